The summed E-state index contributed by atoms with van der Waals surface area (Å²) in [5.41, 5.74) is 0. The van der Waals surface area contributed by atoms with Crippen molar-refractivity contribution >= 4 is 10.9 Å². The summed E-state index contributed by atoms with van der Waals surface area (Å²) in [6.07, 6.45) is 4.09. The number of thiol groups is 1. The third-order valence-corrected chi connectivity index (χ3v) is 2.85. The Morgan fingerprint density at radius 1 is 1.25 bits per heavy atom. The van der Waals surface area contributed by atoms with Gasteiger partial charge in [-0.05, 0) is 10.8 Å². The van der Waals surface area contributed by atoms with Crippen LogP contribution in [0.15, 0.2) is 23.0 Å². The van der Waals surface area contributed by atoms with Crippen molar-refractivity contribution in [2.75, 3.05) is 12.4 Å². The van der Waals surface area contributed by atoms with Crippen molar-refractivity contribution in [2.45, 2.75) is 0 Å². The summed E-state index contributed by atoms with van der Waals surface area (Å²) in [6.45, 7) is 0.320. The Labute approximate surface area is 52.1 Å². The van der Waals surface area contributed by atoms with Gasteiger partial charge >= 0.3 is 0 Å². The van der Waals surface area contributed by atoms with E-state index in [9.17, 15) is 0 Å². The van der Waals surface area contributed by atoms with E-state index < -0.39 is 0 Å². The summed E-state index contributed by atoms with van der Waals surface area (Å²) in [6, 6.07) is 0. The molecule has 0 aliphatic carbocycles. The fraction of sp³-hybridized carbons (Fsp3) is 0.333. The van der Waals surface area contributed by atoms with Gasteiger partial charge in [0.2, 0.25) is 0 Å². The first-order chi connectivity index (χ1) is 3.93. The van der Waals surface area contributed by atoms with E-state index in [1.54, 1.807) is 0 Å². The van der Waals surface area contributed by atoms with Gasteiger partial charge in [0.15, 0.2) is 0 Å². The number of hydrogen-bond acceptors (Lipinski definition) is 1. The van der Waals surface area contributed by atoms with Crippen LogP contribution in [0.1, 0.15) is 0 Å². The van der Waals surface area contributed by atoms with Gasteiger partial charge in [0.25, 0.3) is 0 Å². The third-order valence-electron chi connectivity index (χ3n) is 1.02. The highest BCUT2D eigenvalue weighted by Gasteiger charge is 1.94. The molecule has 1 heterocycles. The molecule has 0 aromatic carbocycles. The topological polar surface area (TPSA) is 20.2 Å². The molecule has 2 heteroatoms. The summed E-state index contributed by atoms with van der Waals surface area (Å²) >= 11 is 0. The molecule has 0 radical (unpaired) electrons. The third kappa shape index (κ3) is 1.39. The van der Waals surface area contributed by atoms with Crippen molar-refractivity contribution < 1.29 is 5.11 Å². The monoisotopic (exact) mass is 130 g/mol. The smallest absolute Gasteiger partial charge is 0.0510 e. The molecular formula is C6H10OS. The lowest BCUT2D eigenvalue weighted by Gasteiger charge is -2.04. The van der Waals surface area contributed by atoms with Crippen LogP contribution < -0.4 is 0 Å². The van der Waals surface area contributed by atoms with Crippen molar-refractivity contribution in [3.63, 3.8) is 0 Å². The molecule has 0 saturated carbocycles. The lowest BCUT2D eigenvalue weighted by molar-refractivity contribution is 0.322. The first-order valence-corrected chi connectivity index (χ1v) is 4.31. The average Bonchev–Trinajstić information content (AvgIpc) is 2.19. The molecule has 0 unspecified atom stereocenters. The van der Waals surface area contributed by atoms with Crippen LogP contribution in [0, 0.1) is 0 Å². The van der Waals surface area contributed by atoms with Crippen LogP contribution in [-0.4, -0.2) is 17.5 Å². The molecule has 46 valence electrons. The van der Waals surface area contributed by atoms with E-state index in [4.69, 9.17) is 5.11 Å². The minimum atomic E-state index is -0.0563. The molecule has 0 bridgehead atoms. The van der Waals surface area contributed by atoms with Crippen molar-refractivity contribution in [1.82, 2.24) is 0 Å². The zero-order valence-electron chi connectivity index (χ0n) is 4.62. The molecule has 8 heavy (non-hydrogen) atoms. The maximum absolute atomic E-state index is 8.48. The molecule has 0 amide bonds. The van der Waals surface area contributed by atoms with Gasteiger partial charge in [0.05, 0.1) is 6.61 Å². The van der Waals surface area contributed by atoms with Crippen LogP contribution >= 0.6 is 10.9 Å². The van der Waals surface area contributed by atoms with Crippen LogP contribution in [0.4, 0.5) is 0 Å². The second kappa shape index (κ2) is 2.95. The number of aliphatic hydroxyl groups excluding tert-OH is 1. The van der Waals surface area contributed by atoms with Crippen LogP contribution in [-0.2, 0) is 0 Å². The molecule has 0 atom stereocenters. The number of hydrogen-bond donors (Lipinski definition) is 2. The minimum absolute atomic E-state index is 0.0563. The lowest BCUT2D eigenvalue weighted by Crippen LogP contribution is -1.87. The molecule has 0 spiro atoms. The molecule has 0 aromatic heterocycles. The van der Waals surface area contributed by atoms with E-state index in [0.29, 0.717) is 6.61 Å². The Kier molecular flexibility index (Phi) is 2.18. The fourth-order valence-electron chi connectivity index (χ4n) is 0.635. The van der Waals surface area contributed by atoms with Crippen molar-refractivity contribution in [2.24, 2.45) is 0 Å². The van der Waals surface area contributed by atoms with Gasteiger partial charge < -0.3 is 5.11 Å². The van der Waals surface area contributed by atoms with Gasteiger partial charge in [-0.25, -0.2) is 10.9 Å². The van der Waals surface area contributed by atoms with Crippen molar-refractivity contribution in [1.29, 1.82) is 0 Å². The normalized spacial score (nSPS) is 20.4. The van der Waals surface area contributed by atoms with E-state index in [1.165, 1.54) is 0 Å². The number of aliphatic hydroxyl groups is 1. The molecule has 1 nitrogen and oxygen atoms in total. The second-order valence-electron chi connectivity index (χ2n) is 1.64. The zero-order chi connectivity index (χ0) is 5.82. The van der Waals surface area contributed by atoms with Crippen molar-refractivity contribution in [3.05, 3.63) is 23.0 Å². The molecule has 0 saturated heterocycles. The molecular weight excluding hydrogens is 120 g/mol. The van der Waals surface area contributed by atoms with E-state index in [-0.39, 0.29) is 10.9 Å². The van der Waals surface area contributed by atoms with Crippen LogP contribution in [0.3, 0.4) is 0 Å². The minimum Gasteiger partial charge on any atom is -0.396 e. The molecule has 1 N–H and O–H groups in total. The predicted molar refractivity (Wildman–Crippen MR) is 39.2 cm³/mol. The van der Waals surface area contributed by atoms with E-state index >= 15 is 0 Å². The van der Waals surface area contributed by atoms with Gasteiger partial charge in [-0.15, -0.1) is 0 Å². The van der Waals surface area contributed by atoms with E-state index in [2.05, 4.69) is 10.8 Å². The largest absolute Gasteiger partial charge is 0.396 e. The highest BCUT2D eigenvalue weighted by Crippen LogP contribution is 2.31. The van der Waals surface area contributed by atoms with Crippen LogP contribution in [0.5, 0.6) is 0 Å². The van der Waals surface area contributed by atoms with Gasteiger partial charge in [0.1, 0.15) is 0 Å². The SMILES string of the molecule is OCC[SH]1C=CC=C1. The summed E-state index contributed by atoms with van der Waals surface area (Å²) in [5.74, 6) is 0.933. The molecule has 0 aromatic rings. The summed E-state index contributed by atoms with van der Waals surface area (Å²) in [5, 5.41) is 12.8. The Balaban J connectivity index is 2.27. The summed E-state index contributed by atoms with van der Waals surface area (Å²) in [4.78, 5) is 0. The quantitative estimate of drug-likeness (QED) is 0.535. The van der Waals surface area contributed by atoms with E-state index in [1.807, 2.05) is 12.2 Å². The zero-order valence-corrected chi connectivity index (χ0v) is 5.51. The van der Waals surface area contributed by atoms with Gasteiger partial charge in [0, 0.05) is 5.75 Å². The highest BCUT2D eigenvalue weighted by atomic mass is 32.2. The maximum Gasteiger partial charge on any atom is 0.0510 e. The second-order valence-corrected chi connectivity index (χ2v) is 3.72. The van der Waals surface area contributed by atoms with Crippen molar-refractivity contribution in [3.8, 4) is 0 Å². The Morgan fingerprint density at radius 2 is 1.88 bits per heavy atom. The van der Waals surface area contributed by atoms with Crippen LogP contribution in [0.25, 0.3) is 0 Å². The summed E-state index contributed by atoms with van der Waals surface area (Å²) < 4.78 is 0. The standard InChI is InChI=1S/C6H10OS/c7-3-6-8-4-1-2-5-8/h1-2,4-5,7-8H,3,6H2. The highest BCUT2D eigenvalue weighted by molar-refractivity contribution is 8.22. The molecule has 1 rings (SSSR count). The van der Waals surface area contributed by atoms with E-state index in [0.717, 1.165) is 5.75 Å². The van der Waals surface area contributed by atoms with Crippen LogP contribution in [0.2, 0.25) is 0 Å². The van der Waals surface area contributed by atoms with Gasteiger partial charge in [-0.3, -0.25) is 0 Å². The Bertz CT molecular complexity index is 106. The molecule has 1 aliphatic heterocycles. The molecule has 0 fully saturated rings. The van der Waals surface area contributed by atoms with Gasteiger partial charge in [-0.1, -0.05) is 12.2 Å². The first-order valence-electron chi connectivity index (χ1n) is 2.65. The number of allylic oxidation sites excluding steroid dienone is 2. The first kappa shape index (κ1) is 5.92. The predicted octanol–water partition coefficient (Wildman–Crippen LogP) is 1.02. The summed E-state index contributed by atoms with van der Waals surface area (Å²) in [7, 11) is -0.0563. The fourth-order valence-corrected chi connectivity index (χ4v) is 1.90. The molecule has 1 aliphatic rings. The van der Waals surface area contributed by atoms with Gasteiger partial charge in [-0.2, -0.15) is 0 Å². The average molecular weight is 130 g/mol. The Hall–Kier alpha value is -0.210. The Morgan fingerprint density at radius 3 is 2.38 bits per heavy atom. The number of rotatable bonds is 2. The lowest BCUT2D eigenvalue weighted by atomic mass is 10.6. The maximum atomic E-state index is 8.48.